The number of fused-ring (bicyclic) bond motifs is 1. The number of thioether (sulfide) groups is 1. The number of sulfone groups is 1. The molecule has 0 N–H and O–H groups in total. The van der Waals surface area contributed by atoms with E-state index in [-0.39, 0.29) is 29.4 Å². The Morgan fingerprint density at radius 1 is 1.08 bits per heavy atom. The summed E-state index contributed by atoms with van der Waals surface area (Å²) in [5.74, 6) is -0.215. The monoisotopic (exact) mass is 394 g/mol. The minimum Gasteiger partial charge on any atom is -0.312 e. The molecule has 2 aromatic rings. The lowest BCUT2D eigenvalue weighted by molar-refractivity contribution is 0.600. The van der Waals surface area contributed by atoms with Gasteiger partial charge in [0.2, 0.25) is 0 Å². The van der Waals surface area contributed by atoms with Crippen molar-refractivity contribution >= 4 is 32.5 Å². The molecule has 26 heavy (non-hydrogen) atoms. The second-order valence-corrected chi connectivity index (χ2v) is 9.46. The van der Waals surface area contributed by atoms with Gasteiger partial charge in [-0.15, -0.1) is 0 Å². The highest BCUT2D eigenvalue weighted by atomic mass is 32.2. The predicted octanol–water partition coefficient (Wildman–Crippen LogP) is 3.24. The Morgan fingerprint density at radius 3 is 2.54 bits per heavy atom. The molecule has 0 spiro atoms. The molecular formula is C18H16F2N2O2S2. The number of rotatable bonds is 3. The molecule has 0 unspecified atom stereocenters. The molecule has 0 radical (unpaired) electrons. The van der Waals surface area contributed by atoms with Crippen LogP contribution in [0.4, 0.5) is 14.5 Å². The number of para-hydroxylation sites is 1. The van der Waals surface area contributed by atoms with Gasteiger partial charge in [0.1, 0.15) is 11.6 Å². The third kappa shape index (κ3) is 3.35. The summed E-state index contributed by atoms with van der Waals surface area (Å²) in [6.07, 6.45) is 0. The number of benzene rings is 2. The van der Waals surface area contributed by atoms with Crippen LogP contribution in [0, 0.1) is 11.6 Å². The largest absolute Gasteiger partial charge is 0.312 e. The Hall–Kier alpha value is -1.93. The standard InChI is InChI=1S/C18H16F2N2O2S2/c19-13-7-5-12(6-8-13)9-25-18-21-15-10-26(23,24)11-17(15)22(18)16-4-2-1-3-14(16)20/h1-8,15,17H,9-11H2/t15-,17-/m0/s1. The molecule has 0 saturated carbocycles. The lowest BCUT2D eigenvalue weighted by Gasteiger charge is -2.26. The maximum Gasteiger partial charge on any atom is 0.164 e. The fraction of sp³-hybridized carbons (Fsp3) is 0.278. The molecule has 2 aromatic carbocycles. The van der Waals surface area contributed by atoms with Crippen molar-refractivity contribution in [2.24, 2.45) is 4.99 Å². The number of amidine groups is 1. The van der Waals surface area contributed by atoms with Crippen LogP contribution in [0.2, 0.25) is 0 Å². The third-order valence-electron chi connectivity index (χ3n) is 4.50. The van der Waals surface area contributed by atoms with Gasteiger partial charge < -0.3 is 4.90 Å². The van der Waals surface area contributed by atoms with Crippen molar-refractivity contribution in [2.75, 3.05) is 16.4 Å². The molecule has 0 bridgehead atoms. The van der Waals surface area contributed by atoms with Crippen LogP contribution in [0.5, 0.6) is 0 Å². The number of nitrogens with zero attached hydrogens (tertiary/aromatic N) is 2. The summed E-state index contributed by atoms with van der Waals surface area (Å²) >= 11 is 1.40. The van der Waals surface area contributed by atoms with Crippen LogP contribution < -0.4 is 4.90 Å². The van der Waals surface area contributed by atoms with Crippen LogP contribution in [-0.4, -0.2) is 37.2 Å². The zero-order chi connectivity index (χ0) is 18.3. The normalized spacial score (nSPS) is 23.8. The van der Waals surface area contributed by atoms with E-state index in [1.165, 1.54) is 30.0 Å². The molecule has 2 atom stereocenters. The number of hydrogen-bond donors (Lipinski definition) is 0. The van der Waals surface area contributed by atoms with Gasteiger partial charge in [-0.25, -0.2) is 17.2 Å². The lowest BCUT2D eigenvalue weighted by atomic mass is 10.1. The Balaban J connectivity index is 1.63. The minimum atomic E-state index is -3.18. The van der Waals surface area contributed by atoms with Crippen molar-refractivity contribution in [3.8, 4) is 0 Å². The van der Waals surface area contributed by atoms with Crippen molar-refractivity contribution in [2.45, 2.75) is 17.8 Å². The average molecular weight is 394 g/mol. The SMILES string of the molecule is O=S1(=O)C[C@@H]2N=C(SCc3ccc(F)cc3)N(c3ccccc3F)[C@H]2C1. The van der Waals surface area contributed by atoms with Gasteiger partial charge in [0.15, 0.2) is 15.0 Å². The Kier molecular flexibility index (Phi) is 4.48. The van der Waals surface area contributed by atoms with Crippen molar-refractivity contribution in [3.63, 3.8) is 0 Å². The van der Waals surface area contributed by atoms with Crippen LogP contribution >= 0.6 is 11.8 Å². The average Bonchev–Trinajstić information content (AvgIpc) is 3.06. The van der Waals surface area contributed by atoms with Crippen LogP contribution in [0.1, 0.15) is 5.56 Å². The summed E-state index contributed by atoms with van der Waals surface area (Å²) in [4.78, 5) is 6.27. The molecule has 1 saturated heterocycles. The first-order valence-electron chi connectivity index (χ1n) is 8.12. The molecule has 8 heteroatoms. The fourth-order valence-corrected chi connectivity index (χ4v) is 6.21. The summed E-state index contributed by atoms with van der Waals surface area (Å²) in [5, 5.41) is 0.601. The molecule has 2 heterocycles. The van der Waals surface area contributed by atoms with Gasteiger partial charge in [-0.2, -0.15) is 0 Å². The van der Waals surface area contributed by atoms with Gasteiger partial charge in [0.25, 0.3) is 0 Å². The molecule has 0 aliphatic carbocycles. The van der Waals surface area contributed by atoms with Gasteiger partial charge >= 0.3 is 0 Å². The first-order valence-corrected chi connectivity index (χ1v) is 10.9. The molecule has 136 valence electrons. The maximum absolute atomic E-state index is 14.4. The van der Waals surface area contributed by atoms with Crippen LogP contribution in [0.3, 0.4) is 0 Å². The highest BCUT2D eigenvalue weighted by Crippen LogP contribution is 2.36. The fourth-order valence-electron chi connectivity index (χ4n) is 3.29. The van der Waals surface area contributed by atoms with E-state index in [1.54, 1.807) is 35.2 Å². The van der Waals surface area contributed by atoms with Gasteiger partial charge in [0.05, 0.1) is 29.3 Å². The second kappa shape index (κ2) is 6.66. The molecule has 0 amide bonds. The van der Waals surface area contributed by atoms with Gasteiger partial charge in [-0.3, -0.25) is 4.99 Å². The molecular weight excluding hydrogens is 378 g/mol. The first kappa shape index (κ1) is 17.5. The van der Waals surface area contributed by atoms with Crippen LogP contribution in [0.15, 0.2) is 53.5 Å². The third-order valence-corrected chi connectivity index (χ3v) is 7.24. The molecule has 4 nitrogen and oxygen atoms in total. The van der Waals surface area contributed by atoms with E-state index in [4.69, 9.17) is 0 Å². The van der Waals surface area contributed by atoms with E-state index in [1.807, 2.05) is 0 Å². The number of anilines is 1. The van der Waals surface area contributed by atoms with E-state index in [0.29, 0.717) is 16.6 Å². The van der Waals surface area contributed by atoms with E-state index < -0.39 is 15.7 Å². The first-order chi connectivity index (χ1) is 12.4. The molecule has 0 aromatic heterocycles. The van der Waals surface area contributed by atoms with E-state index in [9.17, 15) is 17.2 Å². The number of aliphatic imine (C=N–C) groups is 1. The minimum absolute atomic E-state index is 0.0107. The molecule has 4 rings (SSSR count). The highest BCUT2D eigenvalue weighted by Gasteiger charge is 2.47. The Morgan fingerprint density at radius 2 is 1.81 bits per heavy atom. The van der Waals surface area contributed by atoms with Crippen LogP contribution in [0.25, 0.3) is 0 Å². The molecule has 2 aliphatic heterocycles. The summed E-state index contributed by atoms with van der Waals surface area (Å²) in [7, 11) is -3.18. The van der Waals surface area contributed by atoms with E-state index in [2.05, 4.69) is 4.99 Å². The smallest absolute Gasteiger partial charge is 0.164 e. The van der Waals surface area contributed by atoms with Crippen molar-refractivity contribution in [1.82, 2.24) is 0 Å². The molecule has 2 aliphatic rings. The summed E-state index contributed by atoms with van der Waals surface area (Å²) < 4.78 is 51.4. The van der Waals surface area contributed by atoms with Gasteiger partial charge in [-0.1, -0.05) is 36.0 Å². The quantitative estimate of drug-likeness (QED) is 0.802. The summed E-state index contributed by atoms with van der Waals surface area (Å²) in [5.41, 5.74) is 1.25. The van der Waals surface area contributed by atoms with E-state index >= 15 is 0 Å². The topological polar surface area (TPSA) is 49.7 Å². The summed E-state index contributed by atoms with van der Waals surface area (Å²) in [6, 6.07) is 11.7. The predicted molar refractivity (Wildman–Crippen MR) is 100 cm³/mol. The van der Waals surface area contributed by atoms with Crippen molar-refractivity contribution in [3.05, 3.63) is 65.7 Å². The Labute approximate surface area is 154 Å². The lowest BCUT2D eigenvalue weighted by Crippen LogP contribution is -2.39. The van der Waals surface area contributed by atoms with Gasteiger partial charge in [0, 0.05) is 5.75 Å². The maximum atomic E-state index is 14.4. The Bertz CT molecular complexity index is 961. The van der Waals surface area contributed by atoms with Crippen molar-refractivity contribution in [1.29, 1.82) is 0 Å². The zero-order valence-electron chi connectivity index (χ0n) is 13.7. The number of halogens is 2. The van der Waals surface area contributed by atoms with Gasteiger partial charge in [-0.05, 0) is 29.8 Å². The van der Waals surface area contributed by atoms with Crippen LogP contribution in [-0.2, 0) is 15.6 Å². The van der Waals surface area contributed by atoms with Crippen molar-refractivity contribution < 1.29 is 17.2 Å². The molecule has 1 fully saturated rings. The summed E-state index contributed by atoms with van der Waals surface area (Å²) in [6.45, 7) is 0. The van der Waals surface area contributed by atoms with E-state index in [0.717, 1.165) is 5.56 Å². The number of hydrogen-bond acceptors (Lipinski definition) is 5. The second-order valence-electron chi connectivity index (χ2n) is 6.36. The zero-order valence-corrected chi connectivity index (χ0v) is 15.3. The highest BCUT2D eigenvalue weighted by molar-refractivity contribution is 8.13.